The van der Waals surface area contributed by atoms with Gasteiger partial charge in [0.2, 0.25) is 0 Å². The topological polar surface area (TPSA) is 49.3 Å². The van der Waals surface area contributed by atoms with Crippen LogP contribution in [0, 0.1) is 0 Å². The number of hydrogen-bond donors (Lipinski definition) is 2. The summed E-state index contributed by atoms with van der Waals surface area (Å²) in [6.45, 7) is 0. The zero-order valence-corrected chi connectivity index (χ0v) is 11.5. The molecule has 0 bridgehead atoms. The maximum Gasteiger partial charge on any atom is 0.147 e. The molecule has 0 saturated carbocycles. The molecule has 4 heteroatoms. The first kappa shape index (κ1) is 13.3. The van der Waals surface area contributed by atoms with Crippen LogP contribution in [-0.2, 0) is 16.9 Å². The Bertz CT molecular complexity index is 644. The molecular weight excluding hydrogens is 274 g/mol. The number of rotatable bonds is 3. The Kier molecular flexibility index (Phi) is 3.34. The van der Waals surface area contributed by atoms with Crippen LogP contribution in [0.5, 0.6) is 0 Å². The van der Waals surface area contributed by atoms with E-state index in [1.807, 2.05) is 30.3 Å². The first-order valence-electron chi connectivity index (χ1n) is 6.41. The maximum absolute atomic E-state index is 11.2. The van der Waals surface area contributed by atoms with E-state index in [-0.39, 0.29) is 0 Å². The first-order valence-corrected chi connectivity index (χ1v) is 6.79. The first-order chi connectivity index (χ1) is 9.62. The van der Waals surface area contributed by atoms with Gasteiger partial charge >= 0.3 is 0 Å². The Balaban J connectivity index is 2.01. The highest BCUT2D eigenvalue weighted by Gasteiger charge is 2.41. The summed E-state index contributed by atoms with van der Waals surface area (Å²) >= 11 is 5.97. The van der Waals surface area contributed by atoms with Gasteiger partial charge in [0.25, 0.3) is 0 Å². The summed E-state index contributed by atoms with van der Waals surface area (Å²) in [5.41, 5.74) is 1.20. The quantitative estimate of drug-likeness (QED) is 0.853. The molecule has 2 atom stereocenters. The summed E-state index contributed by atoms with van der Waals surface area (Å²) < 4.78 is 0. The van der Waals surface area contributed by atoms with E-state index in [2.05, 4.69) is 5.32 Å². The van der Waals surface area contributed by atoms with E-state index in [0.29, 0.717) is 17.0 Å². The number of benzene rings is 2. The van der Waals surface area contributed by atoms with Crippen molar-refractivity contribution in [2.75, 3.05) is 0 Å². The third-order valence-electron chi connectivity index (χ3n) is 3.63. The molecule has 3 nitrogen and oxygen atoms in total. The van der Waals surface area contributed by atoms with Gasteiger partial charge in [0, 0.05) is 17.0 Å². The van der Waals surface area contributed by atoms with Crippen LogP contribution in [0.4, 0.5) is 0 Å². The molecule has 2 N–H and O–H groups in total. The second-order valence-corrected chi connectivity index (χ2v) is 5.45. The van der Waals surface area contributed by atoms with Crippen LogP contribution in [0.2, 0.25) is 5.02 Å². The van der Waals surface area contributed by atoms with Gasteiger partial charge in [-0.1, -0.05) is 48.0 Å². The zero-order chi connectivity index (χ0) is 14.2. The van der Waals surface area contributed by atoms with Crippen molar-refractivity contribution in [3.05, 3.63) is 70.2 Å². The minimum absolute atomic E-state index is 0.396. The second kappa shape index (κ2) is 5.02. The number of carbonyl (C=O) groups is 1. The molecule has 102 valence electrons. The Labute approximate surface area is 122 Å². The van der Waals surface area contributed by atoms with E-state index in [1.54, 1.807) is 18.2 Å². The molecular formula is C16H14ClNO2. The molecule has 0 saturated heterocycles. The van der Waals surface area contributed by atoms with Crippen molar-refractivity contribution in [3.63, 3.8) is 0 Å². The highest BCUT2D eigenvalue weighted by Crippen LogP contribution is 2.38. The standard InChI is InChI=1S/C16H14ClNO2/c17-12-6-7-14-13(8-12)15(10-19)18-16(14,20)9-11-4-2-1-3-5-11/h1-8,10,15,18,20H,9H2. The molecule has 1 aliphatic rings. The van der Waals surface area contributed by atoms with Gasteiger partial charge in [0.05, 0.1) is 6.04 Å². The van der Waals surface area contributed by atoms with Gasteiger partial charge in [-0.2, -0.15) is 0 Å². The lowest BCUT2D eigenvalue weighted by molar-refractivity contribution is -0.111. The van der Waals surface area contributed by atoms with Gasteiger partial charge in [-0.15, -0.1) is 0 Å². The summed E-state index contributed by atoms with van der Waals surface area (Å²) in [6.07, 6.45) is 1.19. The smallest absolute Gasteiger partial charge is 0.147 e. The van der Waals surface area contributed by atoms with Crippen molar-refractivity contribution in [2.24, 2.45) is 0 Å². The average Bonchev–Trinajstić information content (AvgIpc) is 2.72. The molecule has 2 aromatic rings. The fraction of sp³-hybridized carbons (Fsp3) is 0.188. The van der Waals surface area contributed by atoms with Crippen LogP contribution in [0.25, 0.3) is 0 Å². The largest absolute Gasteiger partial charge is 0.371 e. The molecule has 2 unspecified atom stereocenters. The molecule has 0 radical (unpaired) electrons. The number of aliphatic hydroxyl groups is 1. The van der Waals surface area contributed by atoms with Crippen molar-refractivity contribution in [3.8, 4) is 0 Å². The van der Waals surface area contributed by atoms with E-state index in [0.717, 1.165) is 17.4 Å². The van der Waals surface area contributed by atoms with E-state index < -0.39 is 11.8 Å². The van der Waals surface area contributed by atoms with Crippen LogP contribution < -0.4 is 5.32 Å². The molecule has 1 aliphatic heterocycles. The van der Waals surface area contributed by atoms with Crippen LogP contribution in [0.15, 0.2) is 48.5 Å². The molecule has 0 aromatic heterocycles. The SMILES string of the molecule is O=CC1NC(O)(Cc2ccccc2)c2ccc(Cl)cc21. The zero-order valence-electron chi connectivity index (χ0n) is 10.7. The minimum Gasteiger partial charge on any atom is -0.371 e. The maximum atomic E-state index is 11.2. The number of nitrogens with one attached hydrogen (secondary N) is 1. The number of fused-ring (bicyclic) bond motifs is 1. The Morgan fingerprint density at radius 3 is 2.70 bits per heavy atom. The molecule has 3 rings (SSSR count). The third-order valence-corrected chi connectivity index (χ3v) is 3.86. The lowest BCUT2D eigenvalue weighted by Crippen LogP contribution is -2.40. The molecule has 1 heterocycles. The minimum atomic E-state index is -1.24. The van der Waals surface area contributed by atoms with Gasteiger partial charge in [-0.25, -0.2) is 0 Å². The average molecular weight is 288 g/mol. The summed E-state index contributed by atoms with van der Waals surface area (Å²) in [6, 6.07) is 14.4. The third kappa shape index (κ3) is 2.24. The molecule has 2 aromatic carbocycles. The van der Waals surface area contributed by atoms with Crippen LogP contribution in [0.3, 0.4) is 0 Å². The number of carbonyl (C=O) groups excluding carboxylic acids is 1. The van der Waals surface area contributed by atoms with E-state index in [1.165, 1.54) is 0 Å². The number of halogens is 1. The van der Waals surface area contributed by atoms with Gasteiger partial charge < -0.3 is 9.90 Å². The molecule has 0 amide bonds. The fourth-order valence-corrected chi connectivity index (χ4v) is 2.91. The lowest BCUT2D eigenvalue weighted by atomic mass is 9.94. The Hall–Kier alpha value is -1.68. The molecule has 0 aliphatic carbocycles. The van der Waals surface area contributed by atoms with Crippen LogP contribution in [-0.4, -0.2) is 11.4 Å². The Morgan fingerprint density at radius 2 is 2.00 bits per heavy atom. The summed E-state index contributed by atoms with van der Waals surface area (Å²) in [5, 5.41) is 14.4. The van der Waals surface area contributed by atoms with Crippen molar-refractivity contribution < 1.29 is 9.90 Å². The predicted octanol–water partition coefficient (Wildman–Crippen LogP) is 2.57. The highest BCUT2D eigenvalue weighted by molar-refractivity contribution is 6.30. The van der Waals surface area contributed by atoms with E-state index >= 15 is 0 Å². The van der Waals surface area contributed by atoms with Gasteiger partial charge in [-0.05, 0) is 23.3 Å². The predicted molar refractivity (Wildman–Crippen MR) is 77.4 cm³/mol. The molecule has 0 spiro atoms. The van der Waals surface area contributed by atoms with Crippen molar-refractivity contribution in [2.45, 2.75) is 18.2 Å². The van der Waals surface area contributed by atoms with E-state index in [9.17, 15) is 9.90 Å². The van der Waals surface area contributed by atoms with Crippen molar-refractivity contribution >= 4 is 17.9 Å². The van der Waals surface area contributed by atoms with Gasteiger partial charge in [-0.3, -0.25) is 5.32 Å². The normalized spacial score (nSPS) is 24.4. The molecule has 0 fully saturated rings. The summed E-state index contributed by atoms with van der Waals surface area (Å²) in [4.78, 5) is 11.2. The van der Waals surface area contributed by atoms with Crippen molar-refractivity contribution in [1.82, 2.24) is 5.32 Å². The summed E-state index contributed by atoms with van der Waals surface area (Å²) in [7, 11) is 0. The number of aldehydes is 1. The van der Waals surface area contributed by atoms with Gasteiger partial charge in [0.1, 0.15) is 12.0 Å². The van der Waals surface area contributed by atoms with E-state index in [4.69, 9.17) is 11.6 Å². The fourth-order valence-electron chi connectivity index (χ4n) is 2.73. The summed E-state index contributed by atoms with van der Waals surface area (Å²) in [5.74, 6) is 0. The molecule has 20 heavy (non-hydrogen) atoms. The van der Waals surface area contributed by atoms with Gasteiger partial charge in [0.15, 0.2) is 0 Å². The Morgan fingerprint density at radius 1 is 1.25 bits per heavy atom. The van der Waals surface area contributed by atoms with Crippen LogP contribution >= 0.6 is 11.6 Å². The second-order valence-electron chi connectivity index (χ2n) is 5.01. The highest BCUT2D eigenvalue weighted by atomic mass is 35.5. The monoisotopic (exact) mass is 287 g/mol. The van der Waals surface area contributed by atoms with Crippen LogP contribution in [0.1, 0.15) is 22.7 Å². The van der Waals surface area contributed by atoms with Crippen molar-refractivity contribution in [1.29, 1.82) is 0 Å². The number of hydrogen-bond acceptors (Lipinski definition) is 3. The lowest BCUT2D eigenvalue weighted by Gasteiger charge is -2.25.